The molecule has 1 spiro atoms. The minimum absolute atomic E-state index is 0.122. The molecule has 2 aromatic carbocycles. The second kappa shape index (κ2) is 9.02. The van der Waals surface area contributed by atoms with Gasteiger partial charge in [0.25, 0.3) is 0 Å². The molecule has 4 rings (SSSR count). The van der Waals surface area contributed by atoms with Crippen molar-refractivity contribution >= 4 is 21.9 Å². The average molecular weight is 488 g/mol. The molecule has 0 aliphatic heterocycles. The second-order valence-electron chi connectivity index (χ2n) is 8.73. The fourth-order valence-electron chi connectivity index (χ4n) is 5.72. The van der Waals surface area contributed by atoms with E-state index in [1.165, 1.54) is 7.11 Å². The lowest BCUT2D eigenvalue weighted by atomic mass is 9.61. The van der Waals surface area contributed by atoms with Crippen LogP contribution in [0.15, 0.2) is 53.0 Å². The van der Waals surface area contributed by atoms with Crippen LogP contribution >= 0.6 is 15.9 Å². The molecule has 2 N–H and O–H groups in total. The zero-order valence-corrected chi connectivity index (χ0v) is 19.7. The number of hydrogen-bond acceptors (Lipinski definition) is 5. The molecule has 1 saturated carbocycles. The Bertz CT molecular complexity index is 926. The maximum absolute atomic E-state index is 13.7. The van der Waals surface area contributed by atoms with Gasteiger partial charge in [0.15, 0.2) is 0 Å². The van der Waals surface area contributed by atoms with E-state index in [2.05, 4.69) is 27.3 Å². The molecule has 166 valence electrons. The topological polar surface area (TPSA) is 67.8 Å². The van der Waals surface area contributed by atoms with E-state index in [9.17, 15) is 9.90 Å². The number of carbonyl (C=O) groups is 1. The highest BCUT2D eigenvalue weighted by Gasteiger charge is 2.64. The first kappa shape index (κ1) is 22.5. The van der Waals surface area contributed by atoms with E-state index in [1.54, 1.807) is 7.11 Å². The van der Waals surface area contributed by atoms with Gasteiger partial charge in [0.2, 0.25) is 0 Å². The molecular weight excluding hydrogens is 458 g/mol. The summed E-state index contributed by atoms with van der Waals surface area (Å²) >= 11 is 3.60. The number of nitrogens with one attached hydrogen (secondary N) is 1. The third-order valence-electron chi connectivity index (χ3n) is 7.29. The number of hydrogen-bond donors (Lipinski definition) is 2. The lowest BCUT2D eigenvalue weighted by Crippen LogP contribution is -2.61. The fourth-order valence-corrected chi connectivity index (χ4v) is 6.08. The van der Waals surface area contributed by atoms with Crippen molar-refractivity contribution < 1.29 is 19.4 Å². The largest absolute Gasteiger partial charge is 0.467 e. The number of aliphatic hydroxyl groups excluding tert-OH is 1. The Morgan fingerprint density at radius 1 is 1.19 bits per heavy atom. The molecule has 0 heterocycles. The number of carbonyl (C=O) groups excluding carboxylic acids is 1. The van der Waals surface area contributed by atoms with Crippen molar-refractivity contribution in [1.29, 1.82) is 0 Å². The monoisotopic (exact) mass is 487 g/mol. The normalized spacial score (nSPS) is 28.3. The summed E-state index contributed by atoms with van der Waals surface area (Å²) in [5.74, 6) is -0.297. The first-order valence-electron chi connectivity index (χ1n) is 10.8. The highest BCUT2D eigenvalue weighted by atomic mass is 79.9. The van der Waals surface area contributed by atoms with Gasteiger partial charge in [-0.25, -0.2) is 4.79 Å². The van der Waals surface area contributed by atoms with Crippen molar-refractivity contribution in [2.75, 3.05) is 20.8 Å². The van der Waals surface area contributed by atoms with Crippen molar-refractivity contribution in [2.24, 2.45) is 5.41 Å². The van der Waals surface area contributed by atoms with E-state index < -0.39 is 11.6 Å². The molecule has 2 aliphatic carbocycles. The van der Waals surface area contributed by atoms with Crippen LogP contribution in [0.2, 0.25) is 0 Å². The summed E-state index contributed by atoms with van der Waals surface area (Å²) < 4.78 is 12.0. The van der Waals surface area contributed by atoms with E-state index in [1.807, 2.05) is 42.5 Å². The molecule has 2 atom stereocenters. The van der Waals surface area contributed by atoms with Gasteiger partial charge in [0, 0.05) is 17.0 Å². The standard InChI is InChI=1S/C25H30BrNO4/c1-30-20-10-12-24(13-11-20)15-18-8-9-19(26)14-21(18)25(24,23(29)31-2)27-22(16-28)17-6-4-3-5-7-17/h3-9,14,20,22,27-28H,10-13,15-16H2,1-2H3. The summed E-state index contributed by atoms with van der Waals surface area (Å²) in [5.41, 5.74) is 1.64. The number of rotatable bonds is 6. The second-order valence-corrected chi connectivity index (χ2v) is 9.64. The number of ether oxygens (including phenoxy) is 2. The molecular formula is C25H30BrNO4. The van der Waals surface area contributed by atoms with Crippen molar-refractivity contribution in [1.82, 2.24) is 5.32 Å². The van der Waals surface area contributed by atoms with Crippen LogP contribution in [-0.4, -0.2) is 38.0 Å². The molecule has 0 bridgehead atoms. The predicted molar refractivity (Wildman–Crippen MR) is 123 cm³/mol. The quantitative estimate of drug-likeness (QED) is 0.595. The maximum atomic E-state index is 13.7. The summed E-state index contributed by atoms with van der Waals surface area (Å²) in [6.07, 6.45) is 4.46. The van der Waals surface area contributed by atoms with Gasteiger partial charge >= 0.3 is 5.97 Å². The van der Waals surface area contributed by atoms with Crippen LogP contribution in [0.4, 0.5) is 0 Å². The number of fused-ring (bicyclic) bond motifs is 1. The zero-order chi connectivity index (χ0) is 22.1. The van der Waals surface area contributed by atoms with Gasteiger partial charge in [-0.15, -0.1) is 0 Å². The van der Waals surface area contributed by atoms with Crippen molar-refractivity contribution in [3.8, 4) is 0 Å². The Hall–Kier alpha value is -1.73. The smallest absolute Gasteiger partial charge is 0.331 e. The molecule has 5 nitrogen and oxygen atoms in total. The van der Waals surface area contributed by atoms with Gasteiger partial charge in [-0.2, -0.15) is 0 Å². The van der Waals surface area contributed by atoms with Crippen molar-refractivity contribution in [3.05, 3.63) is 69.7 Å². The van der Waals surface area contributed by atoms with E-state index in [-0.39, 0.29) is 24.1 Å². The Morgan fingerprint density at radius 2 is 1.90 bits per heavy atom. The van der Waals surface area contributed by atoms with Crippen molar-refractivity contribution in [3.63, 3.8) is 0 Å². The summed E-state index contributed by atoms with van der Waals surface area (Å²) in [6.45, 7) is -0.122. The lowest BCUT2D eigenvalue weighted by Gasteiger charge is -2.49. The molecule has 6 heteroatoms. The Kier molecular flexibility index (Phi) is 6.54. The number of aliphatic hydroxyl groups is 1. The molecule has 2 unspecified atom stereocenters. The van der Waals surface area contributed by atoms with Crippen LogP contribution in [0.3, 0.4) is 0 Å². The number of methoxy groups -OCH3 is 2. The Labute approximate surface area is 192 Å². The third-order valence-corrected chi connectivity index (χ3v) is 7.78. The summed E-state index contributed by atoms with van der Waals surface area (Å²) in [6, 6.07) is 15.6. The highest BCUT2D eigenvalue weighted by Crippen LogP contribution is 2.59. The molecule has 0 saturated heterocycles. The summed E-state index contributed by atoms with van der Waals surface area (Å²) in [4.78, 5) is 13.7. The maximum Gasteiger partial charge on any atom is 0.331 e. The minimum Gasteiger partial charge on any atom is -0.467 e. The van der Waals surface area contributed by atoms with Gasteiger partial charge in [0.05, 0.1) is 25.9 Å². The lowest BCUT2D eigenvalue weighted by molar-refractivity contribution is -0.159. The van der Waals surface area contributed by atoms with E-state index in [0.717, 1.165) is 53.3 Å². The van der Waals surface area contributed by atoms with Crippen LogP contribution < -0.4 is 5.32 Å². The summed E-state index contributed by atoms with van der Waals surface area (Å²) in [7, 11) is 3.21. The number of benzene rings is 2. The number of halogens is 1. The molecule has 2 aromatic rings. The zero-order valence-electron chi connectivity index (χ0n) is 18.1. The van der Waals surface area contributed by atoms with Gasteiger partial charge < -0.3 is 14.6 Å². The highest BCUT2D eigenvalue weighted by molar-refractivity contribution is 9.10. The van der Waals surface area contributed by atoms with Gasteiger partial charge in [-0.05, 0) is 60.9 Å². The molecule has 0 aromatic heterocycles. The van der Waals surface area contributed by atoms with Crippen LogP contribution in [0.5, 0.6) is 0 Å². The molecule has 31 heavy (non-hydrogen) atoms. The van der Waals surface area contributed by atoms with Crippen LogP contribution in [0.25, 0.3) is 0 Å². The van der Waals surface area contributed by atoms with Crippen LogP contribution in [0.1, 0.15) is 48.4 Å². The molecule has 1 fully saturated rings. The Morgan fingerprint density at radius 3 is 2.52 bits per heavy atom. The minimum atomic E-state index is -1.05. The van der Waals surface area contributed by atoms with Gasteiger partial charge in [-0.1, -0.05) is 52.3 Å². The first-order chi connectivity index (χ1) is 15.0. The summed E-state index contributed by atoms with van der Waals surface area (Å²) in [5, 5.41) is 14.0. The predicted octanol–water partition coefficient (Wildman–Crippen LogP) is 4.27. The molecule has 0 radical (unpaired) electrons. The van der Waals surface area contributed by atoms with Crippen LogP contribution in [0, 0.1) is 5.41 Å². The van der Waals surface area contributed by atoms with E-state index >= 15 is 0 Å². The Balaban J connectivity index is 1.87. The van der Waals surface area contributed by atoms with Gasteiger partial charge in [0.1, 0.15) is 5.54 Å². The first-order valence-corrected chi connectivity index (χ1v) is 11.6. The number of esters is 1. The van der Waals surface area contributed by atoms with Gasteiger partial charge in [-0.3, -0.25) is 5.32 Å². The average Bonchev–Trinajstić information content (AvgIpc) is 3.07. The molecule has 0 amide bonds. The molecule has 2 aliphatic rings. The fraction of sp³-hybridized carbons (Fsp3) is 0.480. The van der Waals surface area contributed by atoms with E-state index in [0.29, 0.717) is 0 Å². The van der Waals surface area contributed by atoms with E-state index in [4.69, 9.17) is 9.47 Å². The van der Waals surface area contributed by atoms with Crippen molar-refractivity contribution in [2.45, 2.75) is 49.8 Å². The SMILES string of the molecule is COC(=O)C1(NC(CO)c2ccccc2)c2cc(Br)ccc2CC12CCC(OC)CC2. The van der Waals surface area contributed by atoms with Crippen LogP contribution in [-0.2, 0) is 26.2 Å². The third kappa shape index (κ3) is 3.74.